The summed E-state index contributed by atoms with van der Waals surface area (Å²) >= 11 is 0. The first-order chi connectivity index (χ1) is 5.38. The molecule has 0 aromatic carbocycles. The second kappa shape index (κ2) is 3.62. The van der Waals surface area contributed by atoms with Crippen LogP contribution in [0.5, 0.6) is 0 Å². The summed E-state index contributed by atoms with van der Waals surface area (Å²) in [6.07, 6.45) is 2.46. The van der Waals surface area contributed by atoms with Gasteiger partial charge in [0, 0.05) is 6.08 Å². The average molecular weight is 152 g/mol. The second-order valence-electron chi connectivity index (χ2n) is 1.88. The highest BCUT2D eigenvalue weighted by Gasteiger charge is 2.18. The Morgan fingerprint density at radius 3 is 3.36 bits per heavy atom. The smallest absolute Gasteiger partial charge is 0.228 e. The lowest BCUT2D eigenvalue weighted by Gasteiger charge is -1.99. The molecule has 4 nitrogen and oxygen atoms in total. The van der Waals surface area contributed by atoms with Crippen molar-refractivity contribution in [3.8, 4) is 6.07 Å². The Morgan fingerprint density at radius 2 is 2.73 bits per heavy atom. The van der Waals surface area contributed by atoms with Crippen LogP contribution in [-0.4, -0.2) is 18.4 Å². The number of hydrogen-bond acceptors (Lipinski definition) is 4. The van der Waals surface area contributed by atoms with Crippen LogP contribution in [0.25, 0.3) is 0 Å². The molecule has 1 unspecified atom stereocenters. The van der Waals surface area contributed by atoms with E-state index in [4.69, 9.17) is 14.8 Å². The third kappa shape index (κ3) is 1.71. The van der Waals surface area contributed by atoms with Crippen LogP contribution in [0.4, 0.5) is 0 Å². The third-order valence-electron chi connectivity index (χ3n) is 1.14. The van der Waals surface area contributed by atoms with Crippen molar-refractivity contribution in [1.82, 2.24) is 0 Å². The molecule has 0 saturated heterocycles. The standard InChI is InChI=1S/C7H8N2O2/c1-2-11-9-6-3-4-10-7(6)5-8/h3-4,7H,2H2,1H3. The van der Waals surface area contributed by atoms with Crippen molar-refractivity contribution in [3.63, 3.8) is 0 Å². The summed E-state index contributed by atoms with van der Waals surface area (Å²) in [5, 5.41) is 12.2. The van der Waals surface area contributed by atoms with Gasteiger partial charge in [-0.05, 0) is 6.92 Å². The van der Waals surface area contributed by atoms with Gasteiger partial charge in [-0.1, -0.05) is 5.16 Å². The number of ether oxygens (including phenoxy) is 1. The molecule has 11 heavy (non-hydrogen) atoms. The number of nitriles is 1. The van der Waals surface area contributed by atoms with E-state index in [1.54, 1.807) is 6.08 Å². The summed E-state index contributed by atoms with van der Waals surface area (Å²) < 4.78 is 4.86. The summed E-state index contributed by atoms with van der Waals surface area (Å²) in [6.45, 7) is 2.32. The molecule has 0 fully saturated rings. The Balaban J connectivity index is 2.57. The monoisotopic (exact) mass is 152 g/mol. The molecule has 4 heteroatoms. The predicted octanol–water partition coefficient (Wildman–Crippen LogP) is 0.815. The molecule has 0 aromatic heterocycles. The Morgan fingerprint density at radius 1 is 1.91 bits per heavy atom. The van der Waals surface area contributed by atoms with E-state index in [0.29, 0.717) is 12.3 Å². The Kier molecular flexibility index (Phi) is 2.50. The van der Waals surface area contributed by atoms with Gasteiger partial charge in [-0.2, -0.15) is 5.26 Å². The molecule has 1 aliphatic heterocycles. The van der Waals surface area contributed by atoms with Crippen molar-refractivity contribution in [2.45, 2.75) is 13.0 Å². The predicted molar refractivity (Wildman–Crippen MR) is 38.7 cm³/mol. The summed E-state index contributed by atoms with van der Waals surface area (Å²) in [6, 6.07) is 1.93. The minimum absolute atomic E-state index is 0.496. The molecule has 0 spiro atoms. The SMILES string of the molecule is CCON=C1C=COC1C#N. The molecule has 0 aromatic rings. The first-order valence-corrected chi connectivity index (χ1v) is 3.30. The van der Waals surface area contributed by atoms with E-state index in [1.807, 2.05) is 13.0 Å². The summed E-state index contributed by atoms with van der Waals surface area (Å²) in [4.78, 5) is 4.76. The lowest BCUT2D eigenvalue weighted by Crippen LogP contribution is -2.13. The Hall–Kier alpha value is -1.50. The highest BCUT2D eigenvalue weighted by atomic mass is 16.6. The van der Waals surface area contributed by atoms with Gasteiger partial charge in [-0.3, -0.25) is 0 Å². The maximum absolute atomic E-state index is 8.48. The van der Waals surface area contributed by atoms with E-state index in [-0.39, 0.29) is 0 Å². The summed E-state index contributed by atoms with van der Waals surface area (Å²) in [5.74, 6) is 0. The van der Waals surface area contributed by atoms with E-state index < -0.39 is 6.10 Å². The van der Waals surface area contributed by atoms with Crippen molar-refractivity contribution >= 4 is 5.71 Å². The Bertz CT molecular complexity index is 227. The number of hydrogen-bond donors (Lipinski definition) is 0. The number of nitrogens with zero attached hydrogens (tertiary/aromatic N) is 2. The molecule has 0 aliphatic carbocycles. The molecule has 0 amide bonds. The molecule has 1 heterocycles. The first kappa shape index (κ1) is 7.61. The van der Waals surface area contributed by atoms with Crippen molar-refractivity contribution < 1.29 is 9.57 Å². The zero-order valence-corrected chi connectivity index (χ0v) is 6.15. The van der Waals surface area contributed by atoms with Gasteiger partial charge in [0.05, 0.1) is 6.26 Å². The first-order valence-electron chi connectivity index (χ1n) is 3.30. The van der Waals surface area contributed by atoms with Crippen molar-refractivity contribution in [2.24, 2.45) is 5.16 Å². The highest BCUT2D eigenvalue weighted by molar-refractivity contribution is 6.01. The van der Waals surface area contributed by atoms with Gasteiger partial charge in [-0.25, -0.2) is 0 Å². The molecule has 0 radical (unpaired) electrons. The second-order valence-corrected chi connectivity index (χ2v) is 1.88. The van der Waals surface area contributed by atoms with Crippen LogP contribution in [0.15, 0.2) is 17.5 Å². The van der Waals surface area contributed by atoms with Gasteiger partial charge in [0.1, 0.15) is 18.4 Å². The molecule has 0 N–H and O–H groups in total. The fourth-order valence-electron chi connectivity index (χ4n) is 0.659. The maximum Gasteiger partial charge on any atom is 0.228 e. The number of rotatable bonds is 2. The van der Waals surface area contributed by atoms with Gasteiger partial charge >= 0.3 is 0 Å². The Labute approximate surface area is 64.7 Å². The zero-order valence-electron chi connectivity index (χ0n) is 6.15. The van der Waals surface area contributed by atoms with Crippen LogP contribution >= 0.6 is 0 Å². The lowest BCUT2D eigenvalue weighted by molar-refractivity contribution is 0.155. The normalized spacial score (nSPS) is 24.7. The van der Waals surface area contributed by atoms with Crippen LogP contribution in [0.3, 0.4) is 0 Å². The molecular weight excluding hydrogens is 144 g/mol. The zero-order chi connectivity index (χ0) is 8.10. The van der Waals surface area contributed by atoms with E-state index >= 15 is 0 Å². The van der Waals surface area contributed by atoms with Gasteiger partial charge < -0.3 is 9.57 Å². The van der Waals surface area contributed by atoms with Gasteiger partial charge in [0.2, 0.25) is 6.10 Å². The van der Waals surface area contributed by atoms with Crippen molar-refractivity contribution in [2.75, 3.05) is 6.61 Å². The molecule has 58 valence electrons. The van der Waals surface area contributed by atoms with Crippen LogP contribution in [-0.2, 0) is 9.57 Å². The summed E-state index contributed by atoms with van der Waals surface area (Å²) in [7, 11) is 0. The molecule has 0 saturated carbocycles. The van der Waals surface area contributed by atoms with Crippen LogP contribution < -0.4 is 0 Å². The number of oxime groups is 1. The third-order valence-corrected chi connectivity index (χ3v) is 1.14. The van der Waals surface area contributed by atoms with E-state index in [1.165, 1.54) is 6.26 Å². The van der Waals surface area contributed by atoms with Gasteiger partial charge in [0.25, 0.3) is 0 Å². The molecule has 1 atom stereocenters. The highest BCUT2D eigenvalue weighted by Crippen LogP contribution is 2.05. The molecule has 1 aliphatic rings. The van der Waals surface area contributed by atoms with Crippen molar-refractivity contribution in [3.05, 3.63) is 12.3 Å². The van der Waals surface area contributed by atoms with E-state index in [0.717, 1.165) is 0 Å². The van der Waals surface area contributed by atoms with E-state index in [2.05, 4.69) is 5.16 Å². The fourth-order valence-corrected chi connectivity index (χ4v) is 0.659. The minimum Gasteiger partial charge on any atom is -0.477 e. The van der Waals surface area contributed by atoms with Crippen LogP contribution in [0.2, 0.25) is 0 Å². The molecular formula is C7H8N2O2. The molecule has 1 rings (SSSR count). The quantitative estimate of drug-likeness (QED) is 0.550. The largest absolute Gasteiger partial charge is 0.477 e. The topological polar surface area (TPSA) is 54.6 Å². The minimum atomic E-state index is -0.596. The molecule has 0 bridgehead atoms. The van der Waals surface area contributed by atoms with Crippen LogP contribution in [0, 0.1) is 11.3 Å². The maximum atomic E-state index is 8.48. The lowest BCUT2D eigenvalue weighted by atomic mass is 10.3. The fraction of sp³-hybridized carbons (Fsp3) is 0.429. The summed E-state index contributed by atoms with van der Waals surface area (Å²) in [5.41, 5.74) is 0.523. The van der Waals surface area contributed by atoms with Crippen molar-refractivity contribution in [1.29, 1.82) is 5.26 Å². The van der Waals surface area contributed by atoms with E-state index in [9.17, 15) is 0 Å². The average Bonchev–Trinajstić information content (AvgIpc) is 2.47. The van der Waals surface area contributed by atoms with Gasteiger partial charge in [-0.15, -0.1) is 0 Å². The van der Waals surface area contributed by atoms with Crippen LogP contribution in [0.1, 0.15) is 6.92 Å². The van der Waals surface area contributed by atoms with Gasteiger partial charge in [0.15, 0.2) is 0 Å².